The summed E-state index contributed by atoms with van der Waals surface area (Å²) >= 11 is 0. The lowest BCUT2D eigenvalue weighted by atomic mass is 10.2. The van der Waals surface area contributed by atoms with Gasteiger partial charge in [-0.1, -0.05) is 12.1 Å². The Kier molecular flexibility index (Phi) is 3.99. The highest BCUT2D eigenvalue weighted by atomic mass is 16.5. The Hall–Kier alpha value is -1.81. The van der Waals surface area contributed by atoms with Gasteiger partial charge in [0, 0.05) is 5.56 Å². The van der Waals surface area contributed by atoms with Crippen molar-refractivity contribution in [2.24, 2.45) is 0 Å². The van der Waals surface area contributed by atoms with Crippen LogP contribution in [-0.2, 0) is 6.54 Å². The Morgan fingerprint density at radius 3 is 2.94 bits per heavy atom. The van der Waals surface area contributed by atoms with E-state index in [1.807, 2.05) is 45.2 Å². The van der Waals surface area contributed by atoms with Crippen LogP contribution in [0.1, 0.15) is 19.7 Å². The maximum Gasteiger partial charge on any atom is 0.208 e. The minimum Gasteiger partial charge on any atom is -0.491 e. The van der Waals surface area contributed by atoms with Gasteiger partial charge in [-0.25, -0.2) is 4.98 Å². The van der Waals surface area contributed by atoms with Crippen LogP contribution in [0.2, 0.25) is 0 Å². The van der Waals surface area contributed by atoms with Crippen LogP contribution in [0.5, 0.6) is 5.75 Å². The normalized spacial score (nSPS) is 10.9. The summed E-state index contributed by atoms with van der Waals surface area (Å²) in [5.74, 6) is 2.28. The molecule has 0 radical (unpaired) electrons. The predicted octanol–water partition coefficient (Wildman–Crippen LogP) is 2.85. The molecule has 1 heterocycles. The van der Waals surface area contributed by atoms with Crippen molar-refractivity contribution in [3.05, 3.63) is 36.4 Å². The molecule has 0 aliphatic rings. The lowest BCUT2D eigenvalue weighted by Gasteiger charge is -2.09. The Morgan fingerprint density at radius 2 is 2.22 bits per heavy atom. The van der Waals surface area contributed by atoms with Gasteiger partial charge in [0.1, 0.15) is 5.75 Å². The molecule has 0 saturated carbocycles. The summed E-state index contributed by atoms with van der Waals surface area (Å²) in [6, 6.07) is 7.84. The monoisotopic (exact) mass is 246 g/mol. The molecule has 0 aliphatic carbocycles. The standard InChI is InChI=1S/C14H18N2O2/c1-10(2)17-12-6-4-5-11(7-12)13-8-16-14(18-13)9-15-3/h4-8,10,15H,9H2,1-3H3. The average molecular weight is 246 g/mol. The van der Waals surface area contributed by atoms with E-state index in [4.69, 9.17) is 9.15 Å². The van der Waals surface area contributed by atoms with E-state index < -0.39 is 0 Å². The van der Waals surface area contributed by atoms with Crippen molar-refractivity contribution in [1.82, 2.24) is 10.3 Å². The molecule has 0 spiro atoms. The predicted molar refractivity (Wildman–Crippen MR) is 70.5 cm³/mol. The first kappa shape index (κ1) is 12.6. The number of hydrogen-bond acceptors (Lipinski definition) is 4. The first-order chi connectivity index (χ1) is 8.69. The molecule has 96 valence electrons. The third-order valence-electron chi connectivity index (χ3n) is 2.37. The second-order valence-electron chi connectivity index (χ2n) is 4.34. The number of ether oxygens (including phenoxy) is 1. The summed E-state index contributed by atoms with van der Waals surface area (Å²) in [5, 5.41) is 3.01. The van der Waals surface area contributed by atoms with Crippen LogP contribution in [-0.4, -0.2) is 18.1 Å². The lowest BCUT2D eigenvalue weighted by Crippen LogP contribution is -2.05. The fourth-order valence-corrected chi connectivity index (χ4v) is 1.67. The second kappa shape index (κ2) is 5.69. The van der Waals surface area contributed by atoms with Crippen LogP contribution < -0.4 is 10.1 Å². The van der Waals surface area contributed by atoms with E-state index >= 15 is 0 Å². The maximum absolute atomic E-state index is 5.66. The van der Waals surface area contributed by atoms with Crippen molar-refractivity contribution < 1.29 is 9.15 Å². The Morgan fingerprint density at radius 1 is 1.39 bits per heavy atom. The van der Waals surface area contributed by atoms with Crippen LogP contribution in [0.3, 0.4) is 0 Å². The minimum atomic E-state index is 0.162. The lowest BCUT2D eigenvalue weighted by molar-refractivity contribution is 0.242. The van der Waals surface area contributed by atoms with E-state index in [1.54, 1.807) is 6.20 Å². The highest BCUT2D eigenvalue weighted by Gasteiger charge is 2.07. The molecular formula is C14H18N2O2. The van der Waals surface area contributed by atoms with Gasteiger partial charge in [0.15, 0.2) is 5.76 Å². The van der Waals surface area contributed by atoms with Gasteiger partial charge < -0.3 is 14.5 Å². The summed E-state index contributed by atoms with van der Waals surface area (Å²) in [6.45, 7) is 4.64. The molecule has 0 saturated heterocycles. The summed E-state index contributed by atoms with van der Waals surface area (Å²) in [6.07, 6.45) is 1.90. The van der Waals surface area contributed by atoms with Gasteiger partial charge in [-0.2, -0.15) is 0 Å². The largest absolute Gasteiger partial charge is 0.491 e. The fourth-order valence-electron chi connectivity index (χ4n) is 1.67. The van der Waals surface area contributed by atoms with Gasteiger partial charge >= 0.3 is 0 Å². The first-order valence-electron chi connectivity index (χ1n) is 6.05. The van der Waals surface area contributed by atoms with Crippen molar-refractivity contribution in [2.45, 2.75) is 26.5 Å². The van der Waals surface area contributed by atoms with Crippen LogP contribution in [0.15, 0.2) is 34.9 Å². The molecule has 1 aromatic heterocycles. The van der Waals surface area contributed by atoms with Gasteiger partial charge in [0.25, 0.3) is 0 Å². The van der Waals surface area contributed by atoms with E-state index in [-0.39, 0.29) is 6.10 Å². The molecule has 0 aliphatic heterocycles. The molecule has 4 nitrogen and oxygen atoms in total. The van der Waals surface area contributed by atoms with Gasteiger partial charge in [0.2, 0.25) is 5.89 Å². The highest BCUT2D eigenvalue weighted by molar-refractivity contribution is 5.58. The molecule has 1 N–H and O–H groups in total. The zero-order valence-corrected chi connectivity index (χ0v) is 10.9. The van der Waals surface area contributed by atoms with Crippen molar-refractivity contribution in [2.75, 3.05) is 7.05 Å². The second-order valence-corrected chi connectivity index (χ2v) is 4.34. The van der Waals surface area contributed by atoms with Gasteiger partial charge in [-0.3, -0.25) is 0 Å². The molecule has 0 amide bonds. The van der Waals surface area contributed by atoms with E-state index in [2.05, 4.69) is 10.3 Å². The molecule has 2 rings (SSSR count). The van der Waals surface area contributed by atoms with Crippen LogP contribution in [0.25, 0.3) is 11.3 Å². The number of rotatable bonds is 5. The number of hydrogen-bond donors (Lipinski definition) is 1. The molecule has 1 aromatic carbocycles. The van der Waals surface area contributed by atoms with E-state index in [0.29, 0.717) is 12.4 Å². The highest BCUT2D eigenvalue weighted by Crippen LogP contribution is 2.25. The Bertz CT molecular complexity index is 506. The first-order valence-corrected chi connectivity index (χ1v) is 6.05. The zero-order valence-electron chi connectivity index (χ0n) is 10.9. The molecule has 0 bridgehead atoms. The molecule has 0 unspecified atom stereocenters. The molecule has 18 heavy (non-hydrogen) atoms. The van der Waals surface area contributed by atoms with Crippen LogP contribution >= 0.6 is 0 Å². The fraction of sp³-hybridized carbons (Fsp3) is 0.357. The number of nitrogens with zero attached hydrogens (tertiary/aromatic N) is 1. The number of nitrogens with one attached hydrogen (secondary N) is 1. The molecule has 4 heteroatoms. The van der Waals surface area contributed by atoms with E-state index in [9.17, 15) is 0 Å². The molecule has 0 atom stereocenters. The summed E-state index contributed by atoms with van der Waals surface area (Å²) in [5.41, 5.74) is 0.975. The van der Waals surface area contributed by atoms with Crippen molar-refractivity contribution in [3.8, 4) is 17.1 Å². The van der Waals surface area contributed by atoms with Gasteiger partial charge in [-0.05, 0) is 33.0 Å². The van der Waals surface area contributed by atoms with Crippen molar-refractivity contribution in [3.63, 3.8) is 0 Å². The van der Waals surface area contributed by atoms with Crippen LogP contribution in [0, 0.1) is 0 Å². The molecular weight excluding hydrogens is 228 g/mol. The number of oxazole rings is 1. The van der Waals surface area contributed by atoms with Gasteiger partial charge in [-0.15, -0.1) is 0 Å². The quantitative estimate of drug-likeness (QED) is 0.881. The van der Waals surface area contributed by atoms with Crippen molar-refractivity contribution >= 4 is 0 Å². The summed E-state index contributed by atoms with van der Waals surface area (Å²) in [7, 11) is 1.86. The third-order valence-corrected chi connectivity index (χ3v) is 2.37. The smallest absolute Gasteiger partial charge is 0.208 e. The SMILES string of the molecule is CNCc1ncc(-c2cccc(OC(C)C)c2)o1. The summed E-state index contributed by atoms with van der Waals surface area (Å²) in [4.78, 5) is 4.20. The summed E-state index contributed by atoms with van der Waals surface area (Å²) < 4.78 is 11.3. The number of benzene rings is 1. The van der Waals surface area contributed by atoms with E-state index in [0.717, 1.165) is 17.1 Å². The molecule has 2 aromatic rings. The minimum absolute atomic E-state index is 0.162. The molecule has 0 fully saturated rings. The Labute approximate surface area is 107 Å². The topological polar surface area (TPSA) is 47.3 Å². The van der Waals surface area contributed by atoms with Crippen LogP contribution in [0.4, 0.5) is 0 Å². The van der Waals surface area contributed by atoms with Gasteiger partial charge in [0.05, 0.1) is 18.8 Å². The Balaban J connectivity index is 2.21. The van der Waals surface area contributed by atoms with E-state index in [1.165, 1.54) is 0 Å². The number of aromatic nitrogens is 1. The zero-order chi connectivity index (χ0) is 13.0. The maximum atomic E-state index is 5.66. The average Bonchev–Trinajstić information content (AvgIpc) is 2.78. The van der Waals surface area contributed by atoms with Crippen molar-refractivity contribution in [1.29, 1.82) is 0 Å². The third kappa shape index (κ3) is 3.11.